The maximum Gasteiger partial charge on any atom is 0.439 e. The third kappa shape index (κ3) is 5.20. The summed E-state index contributed by atoms with van der Waals surface area (Å²) in [6, 6.07) is 8.19. The molecule has 0 radical (unpaired) electrons. The summed E-state index contributed by atoms with van der Waals surface area (Å²) >= 11 is 8.18. The lowest BCUT2D eigenvalue weighted by atomic mass is 10.1. The predicted octanol–water partition coefficient (Wildman–Crippen LogP) is 6.42. The van der Waals surface area contributed by atoms with Crippen molar-refractivity contribution in [1.29, 1.82) is 0 Å². The van der Waals surface area contributed by atoms with Crippen LogP contribution in [0.1, 0.15) is 16.1 Å². The third-order valence-corrected chi connectivity index (χ3v) is 6.94. The summed E-state index contributed by atoms with van der Waals surface area (Å²) in [7, 11) is 1.47. The fourth-order valence-electron chi connectivity index (χ4n) is 3.01. The van der Waals surface area contributed by atoms with Crippen LogP contribution in [0.15, 0.2) is 50.2 Å². The van der Waals surface area contributed by atoms with Gasteiger partial charge in [-0.05, 0) is 34.1 Å². The third-order valence-electron chi connectivity index (χ3n) is 4.67. The molecule has 34 heavy (non-hydrogen) atoms. The fourth-order valence-corrected chi connectivity index (χ4v) is 5.12. The Bertz CT molecular complexity index is 1370. The van der Waals surface area contributed by atoms with Gasteiger partial charge in [0.05, 0.1) is 33.3 Å². The molecule has 4 rings (SSSR count). The van der Waals surface area contributed by atoms with Crippen LogP contribution < -0.4 is 15.2 Å². The summed E-state index contributed by atoms with van der Waals surface area (Å²) in [6.45, 7) is 0.168. The summed E-state index contributed by atoms with van der Waals surface area (Å²) < 4.78 is 55.0. The second-order valence-corrected chi connectivity index (χ2v) is 9.31. The molecule has 2 aromatic heterocycles. The van der Waals surface area contributed by atoms with Crippen molar-refractivity contribution < 1.29 is 27.2 Å². The Morgan fingerprint density at radius 1 is 1.18 bits per heavy atom. The van der Waals surface area contributed by atoms with Crippen molar-refractivity contribution in [1.82, 2.24) is 15.1 Å². The van der Waals surface area contributed by atoms with Gasteiger partial charge in [-0.1, -0.05) is 33.2 Å². The predicted molar refractivity (Wildman–Crippen MR) is 126 cm³/mol. The van der Waals surface area contributed by atoms with E-state index in [2.05, 4.69) is 51.5 Å². The van der Waals surface area contributed by atoms with E-state index in [9.17, 15) is 18.0 Å². The summed E-state index contributed by atoms with van der Waals surface area (Å²) in [5.74, 6) is 0.388. The second kappa shape index (κ2) is 9.92. The SMILES string of the molecule is COc1cc(OCc2sc(-c3ccc(C(F)(F)F)cc3)nc2CBr)c(Br)cc1-c1noc(=O)[nH]1. The van der Waals surface area contributed by atoms with Gasteiger partial charge in [-0.2, -0.15) is 13.2 Å². The smallest absolute Gasteiger partial charge is 0.439 e. The molecule has 178 valence electrons. The van der Waals surface area contributed by atoms with Crippen molar-refractivity contribution in [2.45, 2.75) is 18.1 Å². The van der Waals surface area contributed by atoms with Gasteiger partial charge < -0.3 is 9.47 Å². The van der Waals surface area contributed by atoms with E-state index in [1.54, 1.807) is 12.1 Å². The molecule has 1 N–H and O–H groups in total. The van der Waals surface area contributed by atoms with Crippen LogP contribution in [0.3, 0.4) is 0 Å². The average molecular weight is 621 g/mol. The molecular formula is C21H14Br2F3N3O4S. The lowest BCUT2D eigenvalue weighted by Crippen LogP contribution is -2.03. The molecule has 13 heteroatoms. The van der Waals surface area contributed by atoms with Crippen molar-refractivity contribution in [3.8, 4) is 33.5 Å². The maximum atomic E-state index is 12.8. The first-order chi connectivity index (χ1) is 16.2. The Balaban J connectivity index is 1.57. The Morgan fingerprint density at radius 3 is 2.50 bits per heavy atom. The number of nitrogens with one attached hydrogen (secondary N) is 1. The van der Waals surface area contributed by atoms with E-state index in [-0.39, 0.29) is 12.4 Å². The highest BCUT2D eigenvalue weighted by Gasteiger charge is 2.30. The number of benzene rings is 2. The summed E-state index contributed by atoms with van der Waals surface area (Å²) in [5, 5.41) is 4.71. The highest BCUT2D eigenvalue weighted by molar-refractivity contribution is 9.10. The summed E-state index contributed by atoms with van der Waals surface area (Å²) in [5.41, 5.74) is 1.09. The van der Waals surface area contributed by atoms with Crippen molar-refractivity contribution >= 4 is 43.2 Å². The minimum Gasteiger partial charge on any atom is -0.496 e. The number of methoxy groups -OCH3 is 1. The minimum absolute atomic E-state index is 0.168. The molecule has 2 heterocycles. The molecule has 0 aliphatic heterocycles. The molecule has 0 saturated carbocycles. The lowest BCUT2D eigenvalue weighted by molar-refractivity contribution is -0.137. The van der Waals surface area contributed by atoms with Gasteiger partial charge in [-0.15, -0.1) is 11.3 Å². The average Bonchev–Trinajstić information content (AvgIpc) is 3.43. The van der Waals surface area contributed by atoms with E-state index in [0.29, 0.717) is 37.4 Å². The number of ether oxygens (including phenoxy) is 2. The van der Waals surface area contributed by atoms with Crippen LogP contribution in [0.25, 0.3) is 22.0 Å². The number of rotatable bonds is 7. The zero-order chi connectivity index (χ0) is 24.5. The van der Waals surface area contributed by atoms with Crippen LogP contribution >= 0.6 is 43.2 Å². The van der Waals surface area contributed by atoms with Crippen LogP contribution in [0, 0.1) is 0 Å². The molecular weight excluding hydrogens is 607 g/mol. The minimum atomic E-state index is -4.39. The maximum absolute atomic E-state index is 12.8. The Labute approximate surface area is 211 Å². The molecule has 0 aliphatic carbocycles. The van der Waals surface area contributed by atoms with Crippen molar-refractivity contribution in [2.24, 2.45) is 0 Å². The number of aromatic amines is 1. The van der Waals surface area contributed by atoms with E-state index in [0.717, 1.165) is 22.7 Å². The van der Waals surface area contributed by atoms with Gasteiger partial charge in [-0.3, -0.25) is 9.51 Å². The normalized spacial score (nSPS) is 11.6. The number of alkyl halides is 4. The molecule has 0 aliphatic rings. The molecule has 0 unspecified atom stereocenters. The lowest BCUT2D eigenvalue weighted by Gasteiger charge is -2.12. The van der Waals surface area contributed by atoms with E-state index >= 15 is 0 Å². The number of aromatic nitrogens is 3. The quantitative estimate of drug-likeness (QED) is 0.240. The molecule has 0 amide bonds. The van der Waals surface area contributed by atoms with Gasteiger partial charge in [0.25, 0.3) is 0 Å². The molecule has 4 aromatic rings. The van der Waals surface area contributed by atoms with Gasteiger partial charge in [0, 0.05) is 17.0 Å². The number of thiazole rings is 1. The number of halogens is 5. The zero-order valence-corrected chi connectivity index (χ0v) is 21.2. The van der Waals surface area contributed by atoms with Crippen molar-refractivity contribution in [3.63, 3.8) is 0 Å². The second-order valence-electron chi connectivity index (χ2n) is 6.81. The molecule has 0 fully saturated rings. The van der Waals surface area contributed by atoms with Crippen LogP contribution in [0.5, 0.6) is 11.5 Å². The molecule has 7 nitrogen and oxygen atoms in total. The van der Waals surface area contributed by atoms with Crippen LogP contribution in [-0.4, -0.2) is 22.2 Å². The van der Waals surface area contributed by atoms with Crippen LogP contribution in [-0.2, 0) is 18.1 Å². The first-order valence-corrected chi connectivity index (χ1v) is 12.2. The van der Waals surface area contributed by atoms with Crippen molar-refractivity contribution in [2.75, 3.05) is 7.11 Å². The molecule has 0 saturated heterocycles. The van der Waals surface area contributed by atoms with Gasteiger partial charge in [-0.25, -0.2) is 9.78 Å². The standard InChI is InChI=1S/C21H14Br2F3N3O4S/c1-31-15-7-16(13(23)6-12(15)18-28-20(30)33-29-18)32-9-17-14(8-22)27-19(34-17)10-2-4-11(5-3-10)21(24,25)26/h2-7H,8-9H2,1H3,(H,28,29,30). The molecule has 0 bridgehead atoms. The van der Waals surface area contributed by atoms with E-state index in [1.807, 2.05) is 0 Å². The Morgan fingerprint density at radius 2 is 1.91 bits per heavy atom. The van der Waals surface area contributed by atoms with E-state index in [4.69, 9.17) is 9.47 Å². The zero-order valence-electron chi connectivity index (χ0n) is 17.2. The molecule has 2 aromatic carbocycles. The van der Waals surface area contributed by atoms with Crippen LogP contribution in [0.4, 0.5) is 13.2 Å². The van der Waals surface area contributed by atoms with Crippen molar-refractivity contribution in [3.05, 3.63) is 67.6 Å². The first kappa shape index (κ1) is 24.5. The van der Waals surface area contributed by atoms with Gasteiger partial charge in [0.15, 0.2) is 5.82 Å². The monoisotopic (exact) mass is 619 g/mol. The highest BCUT2D eigenvalue weighted by Crippen LogP contribution is 2.39. The van der Waals surface area contributed by atoms with Gasteiger partial charge in [0.2, 0.25) is 0 Å². The number of hydrogen-bond donors (Lipinski definition) is 1. The Kier molecular flexibility index (Phi) is 7.14. The fraction of sp³-hybridized carbons (Fsp3) is 0.190. The summed E-state index contributed by atoms with van der Waals surface area (Å²) in [4.78, 5) is 19.1. The largest absolute Gasteiger partial charge is 0.496 e. The van der Waals surface area contributed by atoms with E-state index < -0.39 is 17.5 Å². The number of H-pyrrole nitrogens is 1. The van der Waals surface area contributed by atoms with Gasteiger partial charge >= 0.3 is 11.9 Å². The first-order valence-electron chi connectivity index (χ1n) is 9.48. The van der Waals surface area contributed by atoms with Crippen LogP contribution in [0.2, 0.25) is 0 Å². The molecule has 0 atom stereocenters. The summed E-state index contributed by atoms with van der Waals surface area (Å²) in [6.07, 6.45) is -4.39. The van der Waals surface area contributed by atoms with E-state index in [1.165, 1.54) is 30.6 Å². The number of hydrogen-bond acceptors (Lipinski definition) is 7. The Hall–Kier alpha value is -2.64. The van der Waals surface area contributed by atoms with Gasteiger partial charge in [0.1, 0.15) is 23.1 Å². The molecule has 0 spiro atoms. The highest BCUT2D eigenvalue weighted by atomic mass is 79.9. The topological polar surface area (TPSA) is 90.2 Å². The number of nitrogens with zero attached hydrogens (tertiary/aromatic N) is 2.